The van der Waals surface area contributed by atoms with Crippen molar-refractivity contribution in [2.45, 2.75) is 82.7 Å². The number of rotatable bonds is 12. The van der Waals surface area contributed by atoms with E-state index in [-0.39, 0.29) is 18.4 Å². The van der Waals surface area contributed by atoms with Crippen LogP contribution in [0.1, 0.15) is 58.3 Å². The fourth-order valence-electron chi connectivity index (χ4n) is 3.41. The van der Waals surface area contributed by atoms with Crippen LogP contribution in [-0.4, -0.2) is 56.6 Å². The van der Waals surface area contributed by atoms with Gasteiger partial charge in [-0.15, -0.1) is 0 Å². The third-order valence-electron chi connectivity index (χ3n) is 5.03. The predicted octanol–water partition coefficient (Wildman–Crippen LogP) is 1.92. The molecule has 1 rings (SSSR count). The minimum Gasteiger partial charge on any atom is -0.394 e. The molecule has 1 saturated carbocycles. The zero-order valence-electron chi connectivity index (χ0n) is 15.4. The Labute approximate surface area is 151 Å². The van der Waals surface area contributed by atoms with E-state index in [1.165, 1.54) is 0 Å². The Bertz CT molecular complexity index is 396. The molecule has 0 aromatic rings. The summed E-state index contributed by atoms with van der Waals surface area (Å²) in [5, 5.41) is 48.4. The monoisotopic (exact) mass is 356 g/mol. The molecule has 0 unspecified atom stereocenters. The van der Waals surface area contributed by atoms with Gasteiger partial charge in [0.2, 0.25) is 0 Å². The van der Waals surface area contributed by atoms with Gasteiger partial charge in [-0.05, 0) is 31.6 Å². The Morgan fingerprint density at radius 2 is 1.80 bits per heavy atom. The minimum atomic E-state index is -0.687. The van der Waals surface area contributed by atoms with Gasteiger partial charge in [-0.1, -0.05) is 50.5 Å². The molecule has 5 heteroatoms. The lowest BCUT2D eigenvalue weighted by Gasteiger charge is -2.19. The van der Waals surface area contributed by atoms with Gasteiger partial charge in [0.15, 0.2) is 0 Å². The van der Waals surface area contributed by atoms with E-state index in [9.17, 15) is 20.4 Å². The number of aliphatic hydroxyl groups excluding tert-OH is 5. The van der Waals surface area contributed by atoms with Crippen LogP contribution in [0, 0.1) is 11.8 Å². The van der Waals surface area contributed by atoms with Crippen molar-refractivity contribution < 1.29 is 25.5 Å². The molecule has 0 spiro atoms. The average molecular weight is 357 g/mol. The molecule has 0 amide bonds. The molecule has 0 bridgehead atoms. The van der Waals surface area contributed by atoms with Gasteiger partial charge in [0, 0.05) is 12.3 Å². The Balaban J connectivity index is 2.48. The molecule has 0 aromatic carbocycles. The molecule has 0 radical (unpaired) electrons. The lowest BCUT2D eigenvalue weighted by Crippen LogP contribution is -2.20. The molecular formula is C20H36O5. The molecule has 5 nitrogen and oxygen atoms in total. The fourth-order valence-corrected chi connectivity index (χ4v) is 3.41. The molecule has 0 saturated heterocycles. The summed E-state index contributed by atoms with van der Waals surface area (Å²) >= 11 is 0. The van der Waals surface area contributed by atoms with Gasteiger partial charge >= 0.3 is 0 Å². The summed E-state index contributed by atoms with van der Waals surface area (Å²) in [5.41, 5.74) is 0. The molecule has 25 heavy (non-hydrogen) atoms. The quantitative estimate of drug-likeness (QED) is 0.272. The van der Waals surface area contributed by atoms with Gasteiger partial charge in [-0.3, -0.25) is 0 Å². The van der Waals surface area contributed by atoms with Crippen molar-refractivity contribution in [3.05, 3.63) is 24.3 Å². The van der Waals surface area contributed by atoms with Crippen LogP contribution in [-0.2, 0) is 0 Å². The summed E-state index contributed by atoms with van der Waals surface area (Å²) in [7, 11) is 0. The van der Waals surface area contributed by atoms with Crippen LogP contribution in [0.25, 0.3) is 0 Å². The maximum atomic E-state index is 10.2. The fraction of sp³-hybridized carbons (Fsp3) is 0.800. The molecule has 0 aromatic heterocycles. The summed E-state index contributed by atoms with van der Waals surface area (Å²) < 4.78 is 0. The standard InChI is InChI=1S/C20H36O5/c1-2-3-5-8-15(22)11-12-18-17(19(24)13-20(18)25)10-7-4-6-9-16(23)14-21/h4,7,11-12,15-25H,2-3,5-6,8-10,13-14H2,1H3/b7-4-,12-11+/t15-,16-,17+,18+,19-,20+/m0/s1. The Hall–Kier alpha value is -0.720. The average Bonchev–Trinajstić information content (AvgIpc) is 2.85. The zero-order chi connectivity index (χ0) is 18.7. The van der Waals surface area contributed by atoms with Crippen LogP contribution in [0.4, 0.5) is 0 Å². The molecule has 1 fully saturated rings. The van der Waals surface area contributed by atoms with Crippen molar-refractivity contribution in [1.29, 1.82) is 0 Å². The smallest absolute Gasteiger partial charge is 0.0773 e. The van der Waals surface area contributed by atoms with Crippen molar-refractivity contribution in [2.75, 3.05) is 6.61 Å². The summed E-state index contributed by atoms with van der Waals surface area (Å²) in [5.74, 6) is -0.211. The van der Waals surface area contributed by atoms with Crippen molar-refractivity contribution >= 4 is 0 Å². The molecule has 0 aliphatic heterocycles. The Morgan fingerprint density at radius 1 is 1.04 bits per heavy atom. The SMILES string of the molecule is CCCCC[C@H](O)/C=C/[C@@H]1[C@@H](C/C=C\CC[C@H](O)CO)[C@@H](O)C[C@H]1O. The summed E-state index contributed by atoms with van der Waals surface area (Å²) in [6.07, 6.45) is 11.4. The van der Waals surface area contributed by atoms with Gasteiger partial charge in [0.25, 0.3) is 0 Å². The summed E-state index contributed by atoms with van der Waals surface area (Å²) in [4.78, 5) is 0. The number of aliphatic hydroxyl groups is 5. The van der Waals surface area contributed by atoms with Crippen molar-refractivity contribution in [3.63, 3.8) is 0 Å². The van der Waals surface area contributed by atoms with E-state index in [1.54, 1.807) is 6.08 Å². The molecule has 5 N–H and O–H groups in total. The predicted molar refractivity (Wildman–Crippen MR) is 99.0 cm³/mol. The number of hydrogen-bond donors (Lipinski definition) is 5. The van der Waals surface area contributed by atoms with E-state index in [4.69, 9.17) is 5.11 Å². The van der Waals surface area contributed by atoms with E-state index in [2.05, 4.69) is 6.92 Å². The number of allylic oxidation sites excluding steroid dienone is 2. The lowest BCUT2D eigenvalue weighted by atomic mass is 9.89. The highest BCUT2D eigenvalue weighted by molar-refractivity contribution is 5.06. The van der Waals surface area contributed by atoms with Crippen LogP contribution in [0.3, 0.4) is 0 Å². The van der Waals surface area contributed by atoms with E-state index >= 15 is 0 Å². The zero-order valence-corrected chi connectivity index (χ0v) is 15.4. The molecule has 1 aliphatic carbocycles. The first kappa shape index (κ1) is 22.3. The Morgan fingerprint density at radius 3 is 2.48 bits per heavy atom. The molecule has 6 atom stereocenters. The highest BCUT2D eigenvalue weighted by Gasteiger charge is 2.39. The van der Waals surface area contributed by atoms with E-state index in [0.29, 0.717) is 25.7 Å². The van der Waals surface area contributed by atoms with E-state index < -0.39 is 24.4 Å². The third-order valence-corrected chi connectivity index (χ3v) is 5.03. The molecule has 0 heterocycles. The number of hydrogen-bond acceptors (Lipinski definition) is 5. The van der Waals surface area contributed by atoms with Gasteiger partial charge in [-0.2, -0.15) is 0 Å². The molecular weight excluding hydrogens is 320 g/mol. The second-order valence-electron chi connectivity index (χ2n) is 7.18. The van der Waals surface area contributed by atoms with Gasteiger partial charge in [-0.25, -0.2) is 0 Å². The van der Waals surface area contributed by atoms with Crippen LogP contribution in [0.15, 0.2) is 24.3 Å². The first-order valence-electron chi connectivity index (χ1n) is 9.66. The maximum absolute atomic E-state index is 10.2. The van der Waals surface area contributed by atoms with Crippen LogP contribution in [0.5, 0.6) is 0 Å². The second-order valence-corrected chi connectivity index (χ2v) is 7.18. The first-order valence-corrected chi connectivity index (χ1v) is 9.66. The van der Waals surface area contributed by atoms with Crippen molar-refractivity contribution in [1.82, 2.24) is 0 Å². The van der Waals surface area contributed by atoms with Crippen LogP contribution in [0.2, 0.25) is 0 Å². The number of unbranched alkanes of at least 4 members (excludes halogenated alkanes) is 2. The highest BCUT2D eigenvalue weighted by Crippen LogP contribution is 2.36. The maximum Gasteiger partial charge on any atom is 0.0773 e. The van der Waals surface area contributed by atoms with E-state index in [1.807, 2.05) is 18.2 Å². The van der Waals surface area contributed by atoms with Gasteiger partial charge in [0.05, 0.1) is 31.0 Å². The first-order chi connectivity index (χ1) is 12.0. The lowest BCUT2D eigenvalue weighted by molar-refractivity contribution is 0.0891. The molecule has 1 aliphatic rings. The van der Waals surface area contributed by atoms with Gasteiger partial charge in [0.1, 0.15) is 0 Å². The summed E-state index contributed by atoms with van der Waals surface area (Å²) in [6.45, 7) is 1.90. The minimum absolute atomic E-state index is 0.0619. The normalized spacial score (nSPS) is 29.7. The van der Waals surface area contributed by atoms with Crippen LogP contribution < -0.4 is 0 Å². The highest BCUT2D eigenvalue weighted by atomic mass is 16.3. The van der Waals surface area contributed by atoms with E-state index in [0.717, 1.165) is 25.7 Å². The second kappa shape index (κ2) is 12.6. The Kier molecular flexibility index (Phi) is 11.3. The van der Waals surface area contributed by atoms with Crippen LogP contribution >= 0.6 is 0 Å². The largest absolute Gasteiger partial charge is 0.394 e. The summed E-state index contributed by atoms with van der Waals surface area (Å²) in [6, 6.07) is 0. The topological polar surface area (TPSA) is 101 Å². The van der Waals surface area contributed by atoms with Crippen molar-refractivity contribution in [2.24, 2.45) is 11.8 Å². The third kappa shape index (κ3) is 8.47. The van der Waals surface area contributed by atoms with Gasteiger partial charge < -0.3 is 25.5 Å². The van der Waals surface area contributed by atoms with Crippen molar-refractivity contribution in [3.8, 4) is 0 Å². The molecule has 146 valence electrons.